The maximum atomic E-state index is 5.77. The molecule has 13 heavy (non-hydrogen) atoms. The second-order valence-corrected chi connectivity index (χ2v) is 3.50. The summed E-state index contributed by atoms with van der Waals surface area (Å²) in [6.07, 6.45) is 0. The van der Waals surface area contributed by atoms with Crippen LogP contribution in [0.5, 0.6) is 0 Å². The standard InChI is InChI=1S/C9H21N3O/c1-7(2)11-9(10)12(4)8(3)6-13-5/h7-8H,6H2,1-5H3,(H2,10,11). The second kappa shape index (κ2) is 5.80. The van der Waals surface area contributed by atoms with Crippen LogP contribution >= 0.6 is 0 Å². The third kappa shape index (κ3) is 4.72. The summed E-state index contributed by atoms with van der Waals surface area (Å²) in [5.74, 6) is 0.569. The molecule has 4 nitrogen and oxygen atoms in total. The van der Waals surface area contributed by atoms with Crippen molar-refractivity contribution < 1.29 is 4.74 Å². The van der Waals surface area contributed by atoms with Gasteiger partial charge in [0.1, 0.15) is 0 Å². The van der Waals surface area contributed by atoms with E-state index in [-0.39, 0.29) is 12.1 Å². The molecule has 0 saturated heterocycles. The first-order valence-electron chi connectivity index (χ1n) is 4.54. The van der Waals surface area contributed by atoms with Crippen LogP contribution in [0.1, 0.15) is 20.8 Å². The van der Waals surface area contributed by atoms with E-state index < -0.39 is 0 Å². The Bertz CT molecular complexity index is 168. The van der Waals surface area contributed by atoms with E-state index in [1.807, 2.05) is 32.7 Å². The second-order valence-electron chi connectivity index (χ2n) is 3.50. The summed E-state index contributed by atoms with van der Waals surface area (Å²) in [5.41, 5.74) is 5.77. The molecule has 0 bridgehead atoms. The average molecular weight is 187 g/mol. The molecule has 0 aromatic rings. The van der Waals surface area contributed by atoms with E-state index in [1.54, 1.807) is 7.11 Å². The molecule has 4 heteroatoms. The van der Waals surface area contributed by atoms with Gasteiger partial charge in [0.2, 0.25) is 0 Å². The summed E-state index contributed by atoms with van der Waals surface area (Å²) < 4.78 is 5.03. The van der Waals surface area contributed by atoms with Gasteiger partial charge in [-0.2, -0.15) is 0 Å². The summed E-state index contributed by atoms with van der Waals surface area (Å²) in [6, 6.07) is 0.490. The molecule has 0 amide bonds. The van der Waals surface area contributed by atoms with E-state index in [4.69, 9.17) is 10.5 Å². The number of ether oxygens (including phenoxy) is 1. The van der Waals surface area contributed by atoms with E-state index in [9.17, 15) is 0 Å². The molecule has 0 aliphatic rings. The third-order valence-electron chi connectivity index (χ3n) is 1.82. The Kier molecular flexibility index (Phi) is 5.46. The number of hydrogen-bond acceptors (Lipinski definition) is 2. The van der Waals surface area contributed by atoms with Crippen LogP contribution in [0.25, 0.3) is 0 Å². The SMILES string of the molecule is COCC(C)N(C)C(N)=NC(C)C. The molecule has 0 aliphatic carbocycles. The first-order valence-corrected chi connectivity index (χ1v) is 4.54. The fourth-order valence-electron chi connectivity index (χ4n) is 0.934. The largest absolute Gasteiger partial charge is 0.383 e. The van der Waals surface area contributed by atoms with Gasteiger partial charge in [0.15, 0.2) is 5.96 Å². The molecule has 0 radical (unpaired) electrons. The average Bonchev–Trinajstić information content (AvgIpc) is 2.02. The van der Waals surface area contributed by atoms with Crippen LogP contribution in [-0.2, 0) is 4.74 Å². The molecule has 0 aromatic carbocycles. The van der Waals surface area contributed by atoms with Gasteiger partial charge in [-0.25, -0.2) is 0 Å². The van der Waals surface area contributed by atoms with E-state index in [0.29, 0.717) is 12.6 Å². The highest BCUT2D eigenvalue weighted by Crippen LogP contribution is 1.97. The molecule has 0 saturated carbocycles. The zero-order chi connectivity index (χ0) is 10.4. The van der Waals surface area contributed by atoms with Crippen molar-refractivity contribution in [3.8, 4) is 0 Å². The molecule has 2 N–H and O–H groups in total. The van der Waals surface area contributed by atoms with Crippen LogP contribution in [0.3, 0.4) is 0 Å². The van der Waals surface area contributed by atoms with Crippen LogP contribution in [0.2, 0.25) is 0 Å². The molecular formula is C9H21N3O. The number of aliphatic imine (C=N–C) groups is 1. The van der Waals surface area contributed by atoms with E-state index >= 15 is 0 Å². The van der Waals surface area contributed by atoms with Crippen LogP contribution < -0.4 is 5.73 Å². The highest BCUT2D eigenvalue weighted by atomic mass is 16.5. The van der Waals surface area contributed by atoms with Crippen molar-refractivity contribution in [1.29, 1.82) is 0 Å². The van der Waals surface area contributed by atoms with Gasteiger partial charge in [-0.1, -0.05) is 0 Å². The smallest absolute Gasteiger partial charge is 0.191 e. The predicted octanol–water partition coefficient (Wildman–Crippen LogP) is 0.676. The first kappa shape index (κ1) is 12.2. The van der Waals surface area contributed by atoms with E-state index in [0.717, 1.165) is 0 Å². The molecule has 1 atom stereocenters. The highest BCUT2D eigenvalue weighted by molar-refractivity contribution is 5.78. The van der Waals surface area contributed by atoms with Crippen molar-refractivity contribution in [3.63, 3.8) is 0 Å². The van der Waals surface area contributed by atoms with Gasteiger partial charge in [0.25, 0.3) is 0 Å². The molecule has 0 rings (SSSR count). The normalized spacial score (nSPS) is 14.8. The van der Waals surface area contributed by atoms with Gasteiger partial charge >= 0.3 is 0 Å². The number of likely N-dealkylation sites (N-methyl/N-ethyl adjacent to an activating group) is 1. The highest BCUT2D eigenvalue weighted by Gasteiger charge is 2.10. The quantitative estimate of drug-likeness (QED) is 0.520. The van der Waals surface area contributed by atoms with Gasteiger partial charge in [-0.3, -0.25) is 4.99 Å². The van der Waals surface area contributed by atoms with Crippen molar-refractivity contribution in [2.24, 2.45) is 10.7 Å². The topological polar surface area (TPSA) is 50.9 Å². The van der Waals surface area contributed by atoms with Crippen LogP contribution in [0.15, 0.2) is 4.99 Å². The summed E-state index contributed by atoms with van der Waals surface area (Å²) in [4.78, 5) is 6.17. The van der Waals surface area contributed by atoms with E-state index in [2.05, 4.69) is 4.99 Å². The predicted molar refractivity (Wildman–Crippen MR) is 55.9 cm³/mol. The lowest BCUT2D eigenvalue weighted by molar-refractivity contribution is 0.145. The first-order chi connectivity index (χ1) is 5.99. The van der Waals surface area contributed by atoms with Crippen molar-refractivity contribution in [3.05, 3.63) is 0 Å². The Hall–Kier alpha value is -0.770. The Balaban J connectivity index is 4.15. The Morgan fingerprint density at radius 3 is 2.38 bits per heavy atom. The van der Waals surface area contributed by atoms with Gasteiger partial charge in [-0.05, 0) is 20.8 Å². The van der Waals surface area contributed by atoms with Crippen molar-refractivity contribution in [2.75, 3.05) is 20.8 Å². The third-order valence-corrected chi connectivity index (χ3v) is 1.82. The minimum absolute atomic E-state index is 0.234. The van der Waals surface area contributed by atoms with Crippen LogP contribution in [-0.4, -0.2) is 43.7 Å². The molecule has 0 heterocycles. The number of methoxy groups -OCH3 is 1. The monoisotopic (exact) mass is 187 g/mol. The van der Waals surface area contributed by atoms with Gasteiger partial charge in [0, 0.05) is 20.2 Å². The van der Waals surface area contributed by atoms with Gasteiger partial charge in [-0.15, -0.1) is 0 Å². The number of rotatable bonds is 4. The number of guanidine groups is 1. The van der Waals surface area contributed by atoms with Crippen LogP contribution in [0, 0.1) is 0 Å². The lowest BCUT2D eigenvalue weighted by Crippen LogP contribution is -2.42. The summed E-state index contributed by atoms with van der Waals surface area (Å²) >= 11 is 0. The molecule has 0 aliphatic heterocycles. The lowest BCUT2D eigenvalue weighted by atomic mass is 10.3. The maximum absolute atomic E-state index is 5.77. The summed E-state index contributed by atoms with van der Waals surface area (Å²) in [7, 11) is 3.60. The minimum atomic E-state index is 0.234. The molecule has 0 spiro atoms. The van der Waals surface area contributed by atoms with Crippen LogP contribution in [0.4, 0.5) is 0 Å². The fourth-order valence-corrected chi connectivity index (χ4v) is 0.934. The number of nitrogens with zero attached hydrogens (tertiary/aromatic N) is 2. The molecular weight excluding hydrogens is 166 g/mol. The number of nitrogens with two attached hydrogens (primary N) is 1. The zero-order valence-corrected chi connectivity index (χ0v) is 9.24. The summed E-state index contributed by atoms with van der Waals surface area (Å²) in [6.45, 7) is 6.71. The molecule has 1 unspecified atom stereocenters. The van der Waals surface area contributed by atoms with E-state index in [1.165, 1.54) is 0 Å². The van der Waals surface area contributed by atoms with Crippen molar-refractivity contribution >= 4 is 5.96 Å². The number of hydrogen-bond donors (Lipinski definition) is 1. The Morgan fingerprint density at radius 2 is 2.00 bits per heavy atom. The fraction of sp³-hybridized carbons (Fsp3) is 0.889. The van der Waals surface area contributed by atoms with Crippen molar-refractivity contribution in [2.45, 2.75) is 32.9 Å². The summed E-state index contributed by atoms with van der Waals surface area (Å²) in [5, 5.41) is 0. The lowest BCUT2D eigenvalue weighted by Gasteiger charge is -2.25. The van der Waals surface area contributed by atoms with Gasteiger partial charge in [0.05, 0.1) is 12.6 Å². The zero-order valence-electron chi connectivity index (χ0n) is 9.24. The Labute approximate surface area is 80.8 Å². The van der Waals surface area contributed by atoms with Crippen molar-refractivity contribution in [1.82, 2.24) is 4.90 Å². The molecule has 0 aromatic heterocycles. The Morgan fingerprint density at radius 1 is 1.46 bits per heavy atom. The minimum Gasteiger partial charge on any atom is -0.383 e. The molecule has 78 valence electrons. The van der Waals surface area contributed by atoms with Gasteiger partial charge < -0.3 is 15.4 Å². The maximum Gasteiger partial charge on any atom is 0.191 e. The molecule has 0 fully saturated rings.